The number of morpholine rings is 1. The molecule has 1 aromatic rings. The average Bonchev–Trinajstić information content (AvgIpc) is 3.21. The van der Waals surface area contributed by atoms with E-state index in [1.807, 2.05) is 17.8 Å². The maximum atomic E-state index is 13.8. The molecule has 2 aliphatic rings. The smallest absolute Gasteiger partial charge is 0.191 e. The molecule has 0 bridgehead atoms. The Labute approximate surface area is 166 Å². The van der Waals surface area contributed by atoms with Crippen molar-refractivity contribution >= 4 is 17.7 Å². The zero-order valence-electron chi connectivity index (χ0n) is 16.1. The number of rotatable bonds is 7. The molecule has 2 fully saturated rings. The summed E-state index contributed by atoms with van der Waals surface area (Å²) in [6, 6.07) is 6.96. The first-order valence-corrected chi connectivity index (χ1v) is 11.0. The molecule has 2 atom stereocenters. The fraction of sp³-hybridized carbons (Fsp3) is 0.650. The van der Waals surface area contributed by atoms with Gasteiger partial charge in [0.1, 0.15) is 5.82 Å². The maximum absolute atomic E-state index is 13.8. The van der Waals surface area contributed by atoms with Crippen molar-refractivity contribution in [2.24, 2.45) is 4.99 Å². The van der Waals surface area contributed by atoms with Crippen LogP contribution in [0.1, 0.15) is 31.4 Å². The fourth-order valence-electron chi connectivity index (χ4n) is 3.57. The predicted molar refractivity (Wildman–Crippen MR) is 111 cm³/mol. The normalized spacial score (nSPS) is 22.6. The van der Waals surface area contributed by atoms with Gasteiger partial charge in [-0.05, 0) is 43.2 Å². The van der Waals surface area contributed by atoms with Crippen molar-refractivity contribution in [2.45, 2.75) is 31.1 Å². The van der Waals surface area contributed by atoms with Crippen molar-refractivity contribution in [1.29, 1.82) is 0 Å². The molecule has 0 aliphatic carbocycles. The third-order valence-corrected chi connectivity index (χ3v) is 6.41. The SMILES string of the molecule is CCNC(=NCC(c1cccc(F)c1)N1CCOCC1)NCC1CCCS1. The number of hydrogen-bond acceptors (Lipinski definition) is 4. The summed E-state index contributed by atoms with van der Waals surface area (Å²) in [4.78, 5) is 7.18. The number of benzene rings is 1. The highest BCUT2D eigenvalue weighted by atomic mass is 32.2. The zero-order valence-corrected chi connectivity index (χ0v) is 16.9. The van der Waals surface area contributed by atoms with Crippen LogP contribution in [0, 0.1) is 5.82 Å². The largest absolute Gasteiger partial charge is 0.379 e. The summed E-state index contributed by atoms with van der Waals surface area (Å²) in [5.74, 6) is 1.91. The van der Waals surface area contributed by atoms with E-state index < -0.39 is 0 Å². The highest BCUT2D eigenvalue weighted by Gasteiger charge is 2.23. The predicted octanol–water partition coefficient (Wildman–Crippen LogP) is 2.65. The summed E-state index contributed by atoms with van der Waals surface area (Å²) in [7, 11) is 0. The van der Waals surface area contributed by atoms with Crippen molar-refractivity contribution in [1.82, 2.24) is 15.5 Å². The average molecular weight is 395 g/mol. The second-order valence-corrected chi connectivity index (χ2v) is 8.36. The molecular formula is C20H31FN4OS. The summed E-state index contributed by atoms with van der Waals surface area (Å²) >= 11 is 2.04. The molecular weight excluding hydrogens is 363 g/mol. The molecule has 5 nitrogen and oxygen atoms in total. The summed E-state index contributed by atoms with van der Waals surface area (Å²) < 4.78 is 19.3. The Bertz CT molecular complexity index is 603. The lowest BCUT2D eigenvalue weighted by Gasteiger charge is -2.34. The van der Waals surface area contributed by atoms with Gasteiger partial charge in [-0.2, -0.15) is 11.8 Å². The summed E-state index contributed by atoms with van der Waals surface area (Å²) in [5, 5.41) is 7.50. The van der Waals surface area contributed by atoms with Crippen LogP contribution in [0.25, 0.3) is 0 Å². The molecule has 1 aromatic carbocycles. The Morgan fingerprint density at radius 3 is 2.93 bits per heavy atom. The van der Waals surface area contributed by atoms with Crippen molar-refractivity contribution < 1.29 is 9.13 Å². The minimum absolute atomic E-state index is 0.0564. The van der Waals surface area contributed by atoms with E-state index in [-0.39, 0.29) is 11.9 Å². The van der Waals surface area contributed by atoms with Gasteiger partial charge in [-0.15, -0.1) is 0 Å². The lowest BCUT2D eigenvalue weighted by Crippen LogP contribution is -2.42. The molecule has 7 heteroatoms. The summed E-state index contributed by atoms with van der Waals surface area (Å²) in [6.07, 6.45) is 2.58. The van der Waals surface area contributed by atoms with Crippen LogP contribution in [0.5, 0.6) is 0 Å². The van der Waals surface area contributed by atoms with Crippen LogP contribution in [0.2, 0.25) is 0 Å². The van der Waals surface area contributed by atoms with Crippen LogP contribution in [0.4, 0.5) is 4.39 Å². The van der Waals surface area contributed by atoms with Crippen LogP contribution >= 0.6 is 11.8 Å². The first-order chi connectivity index (χ1) is 13.3. The number of nitrogens with one attached hydrogen (secondary N) is 2. The van der Waals surface area contributed by atoms with E-state index >= 15 is 0 Å². The first-order valence-electron chi connectivity index (χ1n) is 9.97. The molecule has 2 saturated heterocycles. The molecule has 27 heavy (non-hydrogen) atoms. The minimum Gasteiger partial charge on any atom is -0.379 e. The number of hydrogen-bond donors (Lipinski definition) is 2. The number of halogens is 1. The molecule has 3 rings (SSSR count). The topological polar surface area (TPSA) is 48.9 Å². The van der Waals surface area contributed by atoms with Crippen molar-refractivity contribution in [3.63, 3.8) is 0 Å². The van der Waals surface area contributed by atoms with E-state index in [2.05, 4.69) is 22.5 Å². The third-order valence-electron chi connectivity index (χ3n) is 5.01. The van der Waals surface area contributed by atoms with Gasteiger partial charge in [0.05, 0.1) is 25.8 Å². The Hall–Kier alpha value is -1.31. The number of guanidine groups is 1. The Morgan fingerprint density at radius 1 is 1.37 bits per heavy atom. The first kappa shape index (κ1) is 20.4. The fourth-order valence-corrected chi connectivity index (χ4v) is 4.77. The standard InChI is InChI=1S/C20H31FN4OS/c1-2-22-20(23-14-18-7-4-12-27-18)24-15-19(25-8-10-26-11-9-25)16-5-3-6-17(21)13-16/h3,5-6,13,18-19H,2,4,7-12,14-15H2,1H3,(H2,22,23,24). The summed E-state index contributed by atoms with van der Waals surface area (Å²) in [5.41, 5.74) is 0.975. The van der Waals surface area contributed by atoms with Crippen LogP contribution in [-0.4, -0.2) is 67.8 Å². The maximum Gasteiger partial charge on any atom is 0.191 e. The van der Waals surface area contributed by atoms with Crippen LogP contribution < -0.4 is 10.6 Å². The van der Waals surface area contributed by atoms with E-state index in [1.54, 1.807) is 12.1 Å². The Morgan fingerprint density at radius 2 is 2.22 bits per heavy atom. The number of aliphatic imine (C=N–C) groups is 1. The second-order valence-electron chi connectivity index (χ2n) is 6.95. The van der Waals surface area contributed by atoms with E-state index in [1.165, 1.54) is 24.7 Å². The van der Waals surface area contributed by atoms with Crippen LogP contribution in [0.15, 0.2) is 29.3 Å². The monoisotopic (exact) mass is 394 g/mol. The van der Waals surface area contributed by atoms with Gasteiger partial charge in [0, 0.05) is 31.4 Å². The lowest BCUT2D eigenvalue weighted by molar-refractivity contribution is 0.0179. The zero-order chi connectivity index (χ0) is 18.9. The quantitative estimate of drug-likeness (QED) is 0.550. The van der Waals surface area contributed by atoms with Crippen LogP contribution in [0.3, 0.4) is 0 Å². The molecule has 2 heterocycles. The molecule has 2 N–H and O–H groups in total. The highest BCUT2D eigenvalue weighted by molar-refractivity contribution is 8.00. The van der Waals surface area contributed by atoms with E-state index in [9.17, 15) is 4.39 Å². The van der Waals surface area contributed by atoms with Crippen molar-refractivity contribution in [3.05, 3.63) is 35.6 Å². The summed E-state index contributed by atoms with van der Waals surface area (Å²) in [6.45, 7) is 7.56. The van der Waals surface area contributed by atoms with Gasteiger partial charge in [-0.3, -0.25) is 9.89 Å². The molecule has 0 aromatic heterocycles. The second kappa shape index (κ2) is 10.9. The van der Waals surface area contributed by atoms with Gasteiger partial charge in [0.15, 0.2) is 5.96 Å². The van der Waals surface area contributed by atoms with Gasteiger partial charge in [0.25, 0.3) is 0 Å². The molecule has 2 aliphatic heterocycles. The lowest BCUT2D eigenvalue weighted by atomic mass is 10.0. The molecule has 0 amide bonds. The third kappa shape index (κ3) is 6.36. The number of thioether (sulfide) groups is 1. The van der Waals surface area contributed by atoms with Crippen LogP contribution in [-0.2, 0) is 4.74 Å². The van der Waals surface area contributed by atoms with Gasteiger partial charge in [-0.1, -0.05) is 12.1 Å². The number of ether oxygens (including phenoxy) is 1. The number of nitrogens with zero attached hydrogens (tertiary/aromatic N) is 2. The molecule has 2 unspecified atom stereocenters. The molecule has 0 saturated carbocycles. The van der Waals surface area contributed by atoms with E-state index in [4.69, 9.17) is 9.73 Å². The van der Waals surface area contributed by atoms with Crippen molar-refractivity contribution in [2.75, 3.05) is 51.7 Å². The van der Waals surface area contributed by atoms with Gasteiger partial charge in [0.2, 0.25) is 0 Å². The highest BCUT2D eigenvalue weighted by Crippen LogP contribution is 2.25. The van der Waals surface area contributed by atoms with Gasteiger partial charge < -0.3 is 15.4 Å². The minimum atomic E-state index is -0.196. The van der Waals surface area contributed by atoms with Gasteiger partial charge in [-0.25, -0.2) is 4.39 Å². The van der Waals surface area contributed by atoms with E-state index in [0.717, 1.165) is 37.7 Å². The molecule has 0 spiro atoms. The van der Waals surface area contributed by atoms with E-state index in [0.29, 0.717) is 25.0 Å². The van der Waals surface area contributed by atoms with Crippen molar-refractivity contribution in [3.8, 4) is 0 Å². The molecule has 0 radical (unpaired) electrons. The Kier molecular flexibility index (Phi) is 8.23. The Balaban J connectivity index is 1.68. The van der Waals surface area contributed by atoms with Gasteiger partial charge >= 0.3 is 0 Å². The molecule has 150 valence electrons.